The Morgan fingerprint density at radius 3 is 2.85 bits per heavy atom. The molecule has 132 valence electrons. The number of carbonyl (C=O) groups excluding carboxylic acids is 1. The summed E-state index contributed by atoms with van der Waals surface area (Å²) in [7, 11) is 0. The number of amides is 1. The van der Waals surface area contributed by atoms with Gasteiger partial charge in [-0.3, -0.25) is 14.9 Å². The van der Waals surface area contributed by atoms with Crippen LogP contribution in [0.5, 0.6) is 0 Å². The van der Waals surface area contributed by atoms with Gasteiger partial charge in [0.1, 0.15) is 0 Å². The third-order valence-corrected chi connectivity index (χ3v) is 5.94. The van der Waals surface area contributed by atoms with Crippen LogP contribution in [0.1, 0.15) is 28.8 Å². The van der Waals surface area contributed by atoms with E-state index >= 15 is 0 Å². The second-order valence-corrected chi connectivity index (χ2v) is 7.73. The zero-order valence-electron chi connectivity index (χ0n) is 13.8. The highest BCUT2D eigenvalue weighted by molar-refractivity contribution is 6.31. The summed E-state index contributed by atoms with van der Waals surface area (Å²) in [5.74, 6) is 0.448. The van der Waals surface area contributed by atoms with Gasteiger partial charge in [-0.2, -0.15) is 5.10 Å². The van der Waals surface area contributed by atoms with E-state index in [2.05, 4.69) is 20.5 Å². The van der Waals surface area contributed by atoms with Crippen LogP contribution in [0.3, 0.4) is 0 Å². The molecule has 1 amide bonds. The topological polar surface area (TPSA) is 90.9 Å². The number of hydrogen-bond donors (Lipinski definition) is 3. The molecule has 4 atom stereocenters. The molecule has 2 aliphatic carbocycles. The van der Waals surface area contributed by atoms with Gasteiger partial charge in [0.05, 0.1) is 22.9 Å². The summed E-state index contributed by atoms with van der Waals surface area (Å²) in [4.78, 5) is 16.3. The summed E-state index contributed by atoms with van der Waals surface area (Å²) in [5.41, 5.74) is 1.27. The predicted molar refractivity (Wildman–Crippen MR) is 96.7 cm³/mol. The summed E-state index contributed by atoms with van der Waals surface area (Å²) in [6, 6.07) is 7.24. The number of carbonyl (C=O) groups is 1. The number of aromatic nitrogens is 3. The first kappa shape index (κ1) is 15.8. The van der Waals surface area contributed by atoms with Gasteiger partial charge in [0.15, 0.2) is 0 Å². The van der Waals surface area contributed by atoms with Crippen molar-refractivity contribution in [2.24, 2.45) is 11.8 Å². The fourth-order valence-corrected chi connectivity index (χ4v) is 4.65. The standard InChI is InChI=1S/C19H17ClN4O2/c20-11-4-15(14-9-22-24-16(14)5-11)19(26)6-12-13(7-19)17(12)23-18(25)10-2-1-3-21-8-10/h1-5,8-9,12-13,17,26H,6-7H2,(H,22,24)(H,23,25)/t12-,13+,17+,19+. The van der Waals surface area contributed by atoms with E-state index < -0.39 is 5.60 Å². The first-order valence-electron chi connectivity index (χ1n) is 8.61. The Hall–Kier alpha value is -2.44. The largest absolute Gasteiger partial charge is 0.385 e. The average molecular weight is 369 g/mol. The van der Waals surface area contributed by atoms with Crippen LogP contribution in [0.15, 0.2) is 42.9 Å². The quantitative estimate of drug-likeness (QED) is 0.662. The van der Waals surface area contributed by atoms with Crippen LogP contribution >= 0.6 is 11.6 Å². The van der Waals surface area contributed by atoms with Crippen molar-refractivity contribution in [3.8, 4) is 0 Å². The minimum atomic E-state index is -0.933. The predicted octanol–water partition coefficient (Wildman–Crippen LogP) is 2.64. The van der Waals surface area contributed by atoms with Crippen molar-refractivity contribution in [3.05, 3.63) is 59.0 Å². The number of aliphatic hydroxyl groups is 1. The Kier molecular flexibility index (Phi) is 3.36. The van der Waals surface area contributed by atoms with Crippen molar-refractivity contribution in [1.82, 2.24) is 20.5 Å². The first-order valence-corrected chi connectivity index (χ1v) is 8.99. The van der Waals surface area contributed by atoms with Gasteiger partial charge in [0, 0.05) is 28.8 Å². The van der Waals surface area contributed by atoms with Crippen LogP contribution < -0.4 is 5.32 Å². The molecule has 7 heteroatoms. The lowest BCUT2D eigenvalue weighted by Gasteiger charge is -2.27. The van der Waals surface area contributed by atoms with E-state index in [-0.39, 0.29) is 23.8 Å². The summed E-state index contributed by atoms with van der Waals surface area (Å²) < 4.78 is 0. The molecule has 3 N–H and O–H groups in total. The highest BCUT2D eigenvalue weighted by Gasteiger charge is 2.62. The van der Waals surface area contributed by atoms with Crippen LogP contribution in [-0.2, 0) is 5.60 Å². The van der Waals surface area contributed by atoms with Gasteiger partial charge in [0.2, 0.25) is 0 Å². The van der Waals surface area contributed by atoms with E-state index in [0.29, 0.717) is 23.4 Å². The molecule has 2 aliphatic rings. The number of aromatic amines is 1. The summed E-state index contributed by atoms with van der Waals surface area (Å²) in [6.07, 6.45) is 6.15. The number of hydrogen-bond acceptors (Lipinski definition) is 4. The molecule has 1 aromatic carbocycles. The number of fused-ring (bicyclic) bond motifs is 2. The van der Waals surface area contributed by atoms with Crippen LogP contribution in [-0.4, -0.2) is 32.2 Å². The van der Waals surface area contributed by atoms with E-state index in [4.69, 9.17) is 11.6 Å². The van der Waals surface area contributed by atoms with Crippen LogP contribution in [0.2, 0.25) is 5.02 Å². The van der Waals surface area contributed by atoms with Crippen LogP contribution in [0.4, 0.5) is 0 Å². The molecule has 6 nitrogen and oxygen atoms in total. The monoisotopic (exact) mass is 368 g/mol. The molecule has 0 unspecified atom stereocenters. The van der Waals surface area contributed by atoms with Crippen molar-refractivity contribution >= 4 is 28.4 Å². The van der Waals surface area contributed by atoms with Gasteiger partial charge in [0.25, 0.3) is 5.91 Å². The minimum absolute atomic E-state index is 0.110. The Balaban J connectivity index is 1.34. The molecule has 2 heterocycles. The SMILES string of the molecule is O=C(N[C@H]1[C@@H]2C[C@@](O)(c3cc(Cl)cc4[nH]ncc34)C[C@@H]21)c1cccnc1. The van der Waals surface area contributed by atoms with E-state index in [1.807, 2.05) is 12.1 Å². The molecule has 2 saturated carbocycles. The Morgan fingerprint density at radius 2 is 2.12 bits per heavy atom. The maximum absolute atomic E-state index is 12.3. The smallest absolute Gasteiger partial charge is 0.253 e. The van der Waals surface area contributed by atoms with Crippen molar-refractivity contribution in [3.63, 3.8) is 0 Å². The molecule has 0 aliphatic heterocycles. The third kappa shape index (κ3) is 2.40. The number of rotatable bonds is 3. The molecule has 0 saturated heterocycles. The summed E-state index contributed by atoms with van der Waals surface area (Å²) >= 11 is 6.21. The van der Waals surface area contributed by atoms with Gasteiger partial charge in [-0.25, -0.2) is 0 Å². The van der Waals surface area contributed by atoms with Gasteiger partial charge in [-0.15, -0.1) is 0 Å². The third-order valence-electron chi connectivity index (χ3n) is 5.72. The molecule has 2 aromatic heterocycles. The molecule has 0 spiro atoms. The molecule has 0 bridgehead atoms. The molecule has 5 rings (SSSR count). The molecular weight excluding hydrogens is 352 g/mol. The number of pyridine rings is 1. The Bertz CT molecular complexity index is 991. The fraction of sp³-hybridized carbons (Fsp3) is 0.316. The van der Waals surface area contributed by atoms with Crippen LogP contribution in [0, 0.1) is 11.8 Å². The first-order chi connectivity index (χ1) is 12.5. The second kappa shape index (κ2) is 5.53. The zero-order chi connectivity index (χ0) is 17.9. The van der Waals surface area contributed by atoms with Crippen molar-refractivity contribution < 1.29 is 9.90 Å². The van der Waals surface area contributed by atoms with Crippen molar-refractivity contribution in [1.29, 1.82) is 0 Å². The van der Waals surface area contributed by atoms with E-state index in [1.54, 1.807) is 30.7 Å². The summed E-state index contributed by atoms with van der Waals surface area (Å²) in [6.45, 7) is 0. The minimum Gasteiger partial charge on any atom is -0.385 e. The second-order valence-electron chi connectivity index (χ2n) is 7.29. The van der Waals surface area contributed by atoms with Gasteiger partial charge in [-0.1, -0.05) is 11.6 Å². The average Bonchev–Trinajstić information content (AvgIpc) is 3.01. The van der Waals surface area contributed by atoms with Gasteiger partial charge >= 0.3 is 0 Å². The number of benzene rings is 1. The normalized spacial score (nSPS) is 29.5. The number of nitrogens with one attached hydrogen (secondary N) is 2. The lowest BCUT2D eigenvalue weighted by molar-refractivity contribution is 0.0293. The van der Waals surface area contributed by atoms with E-state index in [1.165, 1.54) is 0 Å². The van der Waals surface area contributed by atoms with E-state index in [0.717, 1.165) is 16.5 Å². The lowest BCUT2D eigenvalue weighted by Crippen LogP contribution is -2.33. The molecule has 3 aromatic rings. The number of halogens is 1. The molecule has 26 heavy (non-hydrogen) atoms. The highest BCUT2D eigenvalue weighted by atomic mass is 35.5. The maximum Gasteiger partial charge on any atom is 0.253 e. The lowest BCUT2D eigenvalue weighted by atomic mass is 9.86. The van der Waals surface area contributed by atoms with Crippen LogP contribution in [0.25, 0.3) is 10.9 Å². The highest BCUT2D eigenvalue weighted by Crippen LogP contribution is 2.60. The molecule has 0 radical (unpaired) electrons. The fourth-order valence-electron chi connectivity index (χ4n) is 4.43. The van der Waals surface area contributed by atoms with Crippen molar-refractivity contribution in [2.45, 2.75) is 24.5 Å². The van der Waals surface area contributed by atoms with E-state index in [9.17, 15) is 9.90 Å². The zero-order valence-corrected chi connectivity index (χ0v) is 14.6. The Morgan fingerprint density at radius 1 is 1.31 bits per heavy atom. The molecule has 2 fully saturated rings. The Labute approximate surface area is 154 Å². The van der Waals surface area contributed by atoms with Gasteiger partial charge < -0.3 is 10.4 Å². The number of H-pyrrole nitrogens is 1. The summed E-state index contributed by atoms with van der Waals surface area (Å²) in [5, 5.41) is 22.8. The van der Waals surface area contributed by atoms with Gasteiger partial charge in [-0.05, 0) is 54.5 Å². The number of nitrogens with zero attached hydrogens (tertiary/aromatic N) is 2. The maximum atomic E-state index is 12.3. The molecular formula is C19H17ClN4O2. The van der Waals surface area contributed by atoms with Crippen molar-refractivity contribution in [2.75, 3.05) is 0 Å².